The molecule has 15 heteroatoms. The Morgan fingerprint density at radius 1 is 1.12 bits per heavy atom. The number of hydrogen-bond acceptors (Lipinski definition) is 6. The minimum absolute atomic E-state index is 0.00524. The second-order valence-electron chi connectivity index (χ2n) is 10.7. The Labute approximate surface area is 231 Å². The number of aliphatic carboxylic acids is 1. The molecule has 2 heterocycles. The van der Waals surface area contributed by atoms with Crippen molar-refractivity contribution in [3.05, 3.63) is 47.8 Å². The Balaban J connectivity index is 1.87. The molecule has 2 aliphatic heterocycles. The van der Waals surface area contributed by atoms with E-state index in [1.807, 2.05) is 0 Å². The third kappa shape index (κ3) is 6.25. The van der Waals surface area contributed by atoms with Crippen LogP contribution in [0.15, 0.2) is 41.3 Å². The molecule has 0 aromatic heterocycles. The first-order valence-corrected chi connectivity index (χ1v) is 14.0. The standard InChI is InChI=1S/C26H27F7N2O5S/c1-24(29,30)8-7-15-11-35(17-5-3-16(27)4-6-17)19-9-18(26(31,32)33)20(10-21(19)41(38,39)22(15)28)40-14-25(23(36)37)12-34(2)13-25/h3-6,9-10,15,22H,7-8,11-14H2,1-2H3,(H,36,37)/t15-,22+/m1/s1. The molecule has 2 aromatic carbocycles. The van der Waals surface area contributed by atoms with E-state index in [9.17, 15) is 44.7 Å². The van der Waals surface area contributed by atoms with Crippen LogP contribution in [0.3, 0.4) is 0 Å². The second-order valence-corrected chi connectivity index (χ2v) is 12.7. The fraction of sp³-hybridized carbons (Fsp3) is 0.500. The van der Waals surface area contributed by atoms with Crippen LogP contribution in [0.1, 0.15) is 25.3 Å². The van der Waals surface area contributed by atoms with Crippen LogP contribution in [0.2, 0.25) is 0 Å². The molecule has 0 bridgehead atoms. The summed E-state index contributed by atoms with van der Waals surface area (Å²) in [7, 11) is -3.49. The van der Waals surface area contributed by atoms with Crippen LogP contribution in [-0.2, 0) is 20.8 Å². The van der Waals surface area contributed by atoms with Crippen LogP contribution in [0.5, 0.6) is 5.75 Å². The molecule has 0 aliphatic carbocycles. The number of carboxylic acid groups (broad SMARTS) is 1. The maximum atomic E-state index is 15.7. The number of hydrogen-bond donors (Lipinski definition) is 1. The van der Waals surface area contributed by atoms with Gasteiger partial charge in [0.2, 0.25) is 21.3 Å². The minimum Gasteiger partial charge on any atom is -0.492 e. The number of fused-ring (bicyclic) bond motifs is 1. The molecule has 0 radical (unpaired) electrons. The number of sulfone groups is 1. The molecule has 1 N–H and O–H groups in total. The zero-order valence-corrected chi connectivity index (χ0v) is 22.7. The smallest absolute Gasteiger partial charge is 0.420 e. The highest BCUT2D eigenvalue weighted by atomic mass is 32.2. The van der Waals surface area contributed by atoms with E-state index in [2.05, 4.69) is 0 Å². The van der Waals surface area contributed by atoms with E-state index >= 15 is 4.39 Å². The maximum Gasteiger partial charge on any atom is 0.420 e. The summed E-state index contributed by atoms with van der Waals surface area (Å²) in [5.74, 6) is -7.93. The van der Waals surface area contributed by atoms with Crippen molar-refractivity contribution in [3.8, 4) is 5.75 Å². The van der Waals surface area contributed by atoms with Gasteiger partial charge in [-0.15, -0.1) is 0 Å². The normalized spacial score (nSPS) is 22.4. The number of carbonyl (C=O) groups is 1. The van der Waals surface area contributed by atoms with Crippen LogP contribution in [0.25, 0.3) is 0 Å². The molecular weight excluding hydrogens is 585 g/mol. The van der Waals surface area contributed by atoms with E-state index in [-0.39, 0.29) is 18.8 Å². The number of likely N-dealkylation sites (tertiary alicyclic amines) is 1. The summed E-state index contributed by atoms with van der Waals surface area (Å²) < 4.78 is 132. The monoisotopic (exact) mass is 612 g/mol. The van der Waals surface area contributed by atoms with E-state index in [0.717, 1.165) is 29.2 Å². The van der Waals surface area contributed by atoms with Crippen LogP contribution in [0, 0.1) is 17.2 Å². The third-order valence-corrected chi connectivity index (χ3v) is 9.16. The van der Waals surface area contributed by atoms with E-state index in [4.69, 9.17) is 4.74 Å². The van der Waals surface area contributed by atoms with Gasteiger partial charge in [-0.25, -0.2) is 26.0 Å². The Kier molecular flexibility index (Phi) is 8.02. The fourth-order valence-electron chi connectivity index (χ4n) is 5.14. The lowest BCUT2D eigenvalue weighted by atomic mass is 9.81. The predicted octanol–water partition coefficient (Wildman–Crippen LogP) is 5.51. The Morgan fingerprint density at radius 2 is 1.73 bits per heavy atom. The molecule has 4 rings (SSSR count). The highest BCUT2D eigenvalue weighted by molar-refractivity contribution is 7.92. The van der Waals surface area contributed by atoms with Crippen molar-refractivity contribution in [2.45, 2.75) is 42.3 Å². The van der Waals surface area contributed by atoms with Gasteiger partial charge >= 0.3 is 12.1 Å². The first-order valence-electron chi connectivity index (χ1n) is 12.4. The number of halogens is 7. The van der Waals surface area contributed by atoms with Crippen LogP contribution in [0.4, 0.5) is 42.1 Å². The van der Waals surface area contributed by atoms with Crippen molar-refractivity contribution >= 4 is 27.2 Å². The Morgan fingerprint density at radius 3 is 2.24 bits per heavy atom. The Bertz CT molecular complexity index is 1410. The summed E-state index contributed by atoms with van der Waals surface area (Å²) in [5.41, 5.74) is -6.40. The van der Waals surface area contributed by atoms with Crippen LogP contribution >= 0.6 is 0 Å². The van der Waals surface area contributed by atoms with Crippen molar-refractivity contribution in [1.82, 2.24) is 4.90 Å². The Hall–Kier alpha value is -3.07. The van der Waals surface area contributed by atoms with Gasteiger partial charge in [0, 0.05) is 43.7 Å². The van der Waals surface area contributed by atoms with Gasteiger partial charge in [-0.2, -0.15) is 13.2 Å². The summed E-state index contributed by atoms with van der Waals surface area (Å²) in [6.07, 6.45) is -6.64. The lowest BCUT2D eigenvalue weighted by molar-refractivity contribution is -0.163. The molecular formula is C26H27F7N2O5S. The molecule has 0 unspecified atom stereocenters. The number of alkyl halides is 6. The van der Waals surface area contributed by atoms with Crippen LogP contribution in [-0.4, -0.2) is 69.1 Å². The van der Waals surface area contributed by atoms with Gasteiger partial charge in [-0.1, -0.05) is 0 Å². The molecule has 7 nitrogen and oxygen atoms in total. The number of ether oxygens (including phenoxy) is 1. The van der Waals surface area contributed by atoms with Gasteiger partial charge in [0.05, 0.1) is 16.1 Å². The molecule has 41 heavy (non-hydrogen) atoms. The predicted molar refractivity (Wildman–Crippen MR) is 133 cm³/mol. The average molecular weight is 613 g/mol. The number of anilines is 2. The van der Waals surface area contributed by atoms with Crippen molar-refractivity contribution in [1.29, 1.82) is 0 Å². The summed E-state index contributed by atoms with van der Waals surface area (Å²) in [4.78, 5) is 13.5. The van der Waals surface area contributed by atoms with Crippen molar-refractivity contribution in [2.75, 3.05) is 38.2 Å². The summed E-state index contributed by atoms with van der Waals surface area (Å²) >= 11 is 0. The molecule has 0 saturated carbocycles. The number of rotatable bonds is 8. The topological polar surface area (TPSA) is 87.2 Å². The highest BCUT2D eigenvalue weighted by Gasteiger charge is 2.50. The zero-order chi connectivity index (χ0) is 30.5. The molecule has 0 amide bonds. The first-order chi connectivity index (χ1) is 18.8. The van der Waals surface area contributed by atoms with Crippen molar-refractivity contribution in [2.24, 2.45) is 11.3 Å². The quantitative estimate of drug-likeness (QED) is 0.394. The molecule has 226 valence electrons. The number of benzene rings is 2. The maximum absolute atomic E-state index is 15.7. The molecule has 2 aliphatic rings. The molecule has 0 spiro atoms. The largest absolute Gasteiger partial charge is 0.492 e. The second kappa shape index (κ2) is 10.6. The first kappa shape index (κ1) is 30.9. The number of carboxylic acids is 1. The van der Waals surface area contributed by atoms with Gasteiger partial charge < -0.3 is 19.6 Å². The van der Waals surface area contributed by atoms with E-state index in [0.29, 0.717) is 19.1 Å². The highest BCUT2D eigenvalue weighted by Crippen LogP contribution is 2.48. The fourth-order valence-corrected chi connectivity index (χ4v) is 6.84. The zero-order valence-electron chi connectivity index (χ0n) is 21.9. The SMILES string of the molecule is CN1CC(COc2cc3c(cc2C(F)(F)F)N(c2ccc(F)cc2)C[C@@H](CCC(C)(F)F)[C@@H](F)S3(=O)=O)(C(=O)O)C1. The summed E-state index contributed by atoms with van der Waals surface area (Å²) in [5, 5.41) is 9.61. The van der Waals surface area contributed by atoms with Crippen molar-refractivity contribution < 1.29 is 53.8 Å². The van der Waals surface area contributed by atoms with Gasteiger partial charge in [0.15, 0.2) is 0 Å². The molecule has 2 atom stereocenters. The average Bonchev–Trinajstić information content (AvgIpc) is 2.91. The molecule has 2 aromatic rings. The summed E-state index contributed by atoms with van der Waals surface area (Å²) in [6, 6.07) is 5.12. The van der Waals surface area contributed by atoms with Gasteiger partial charge in [-0.3, -0.25) is 4.79 Å². The van der Waals surface area contributed by atoms with Crippen LogP contribution < -0.4 is 9.64 Å². The van der Waals surface area contributed by atoms with Gasteiger partial charge in [-0.05, 0) is 50.7 Å². The molecule has 1 fully saturated rings. The molecule has 1 saturated heterocycles. The lowest BCUT2D eigenvalue weighted by Crippen LogP contribution is -2.61. The number of nitrogens with zero attached hydrogens (tertiary/aromatic N) is 2. The lowest BCUT2D eigenvalue weighted by Gasteiger charge is -2.44. The van der Waals surface area contributed by atoms with Crippen molar-refractivity contribution in [3.63, 3.8) is 0 Å². The van der Waals surface area contributed by atoms with Gasteiger partial charge in [0.1, 0.15) is 23.6 Å². The summed E-state index contributed by atoms with van der Waals surface area (Å²) in [6.45, 7) is -0.853. The van der Waals surface area contributed by atoms with E-state index in [1.165, 1.54) is 0 Å². The third-order valence-electron chi connectivity index (χ3n) is 7.24. The van der Waals surface area contributed by atoms with E-state index in [1.54, 1.807) is 11.9 Å². The van der Waals surface area contributed by atoms with Gasteiger partial charge in [0.25, 0.3) is 0 Å². The minimum atomic E-state index is -5.12. The van der Waals surface area contributed by atoms with E-state index < -0.39 is 98.4 Å².